The van der Waals surface area contributed by atoms with Crippen LogP contribution in [-0.4, -0.2) is 38.7 Å². The van der Waals surface area contributed by atoms with Crippen molar-refractivity contribution < 1.29 is 9.21 Å². The summed E-state index contributed by atoms with van der Waals surface area (Å²) in [5.74, 6) is 0.960. The number of hydrogen-bond acceptors (Lipinski definition) is 6. The Hall–Kier alpha value is -3.10. The minimum atomic E-state index is -0.372. The van der Waals surface area contributed by atoms with Gasteiger partial charge in [-0.25, -0.2) is 0 Å². The molecule has 124 valence electrons. The van der Waals surface area contributed by atoms with E-state index in [2.05, 4.69) is 25.5 Å². The van der Waals surface area contributed by atoms with E-state index >= 15 is 0 Å². The molecule has 1 fully saturated rings. The highest BCUT2D eigenvalue weighted by Gasteiger charge is 2.32. The predicted octanol–water partition coefficient (Wildman–Crippen LogP) is 0.524. The van der Waals surface area contributed by atoms with Crippen LogP contribution in [-0.2, 0) is 11.3 Å². The average Bonchev–Trinajstić information content (AvgIpc) is 3.31. The molecule has 24 heavy (non-hydrogen) atoms. The fourth-order valence-electron chi connectivity index (χ4n) is 2.97. The normalized spacial score (nSPS) is 17.5. The van der Waals surface area contributed by atoms with E-state index in [0.717, 1.165) is 6.42 Å². The molecule has 1 saturated heterocycles. The lowest BCUT2D eigenvalue weighted by Crippen LogP contribution is -2.44. The van der Waals surface area contributed by atoms with Crippen molar-refractivity contribution in [3.63, 3.8) is 0 Å². The number of amides is 1. The Balaban J connectivity index is 1.55. The lowest BCUT2D eigenvalue weighted by atomic mass is 10.2. The number of aromatic amines is 2. The zero-order chi connectivity index (χ0) is 16.5. The van der Waals surface area contributed by atoms with Crippen LogP contribution in [0.15, 0.2) is 33.8 Å². The number of carbonyl (C=O) groups excluding carboxylic acids is 1. The lowest BCUT2D eigenvalue weighted by molar-refractivity contribution is -0.122. The molecule has 1 atom stereocenters. The number of rotatable bonds is 4. The van der Waals surface area contributed by atoms with Crippen LogP contribution in [0.3, 0.4) is 0 Å². The average molecular weight is 328 g/mol. The number of carbonyl (C=O) groups is 1. The van der Waals surface area contributed by atoms with Gasteiger partial charge in [-0.15, -0.1) is 0 Å². The first-order valence-corrected chi connectivity index (χ1v) is 7.72. The van der Waals surface area contributed by atoms with Crippen molar-refractivity contribution in [2.24, 2.45) is 0 Å². The number of nitrogens with one attached hydrogen (secondary N) is 3. The highest BCUT2D eigenvalue weighted by molar-refractivity contribution is 5.85. The van der Waals surface area contributed by atoms with Gasteiger partial charge in [-0.05, 0) is 25.0 Å². The summed E-state index contributed by atoms with van der Waals surface area (Å²) >= 11 is 0. The smallest absolute Gasteiger partial charge is 0.263 e. The van der Waals surface area contributed by atoms with Crippen LogP contribution in [0.1, 0.15) is 18.6 Å². The first-order valence-electron chi connectivity index (χ1n) is 7.72. The molecule has 0 aliphatic carbocycles. The maximum absolute atomic E-state index is 12.5. The zero-order valence-corrected chi connectivity index (χ0v) is 12.8. The van der Waals surface area contributed by atoms with Crippen LogP contribution in [0, 0.1) is 0 Å². The largest absolute Gasteiger partial charge is 0.467 e. The molecule has 1 amide bonds. The van der Waals surface area contributed by atoms with Gasteiger partial charge >= 0.3 is 0 Å². The van der Waals surface area contributed by atoms with Crippen molar-refractivity contribution in [3.05, 3.63) is 40.7 Å². The van der Waals surface area contributed by atoms with Crippen molar-refractivity contribution in [2.45, 2.75) is 25.4 Å². The summed E-state index contributed by atoms with van der Waals surface area (Å²) < 4.78 is 5.21. The van der Waals surface area contributed by atoms with Gasteiger partial charge in [0.15, 0.2) is 5.65 Å². The summed E-state index contributed by atoms with van der Waals surface area (Å²) in [5, 5.41) is 9.78. The molecule has 1 aliphatic heterocycles. The third-order valence-corrected chi connectivity index (χ3v) is 4.15. The van der Waals surface area contributed by atoms with Gasteiger partial charge in [-0.1, -0.05) is 0 Å². The van der Waals surface area contributed by atoms with E-state index in [-0.39, 0.29) is 17.5 Å². The summed E-state index contributed by atoms with van der Waals surface area (Å²) in [6.45, 7) is 0.987. The van der Waals surface area contributed by atoms with E-state index in [1.165, 1.54) is 6.20 Å². The maximum atomic E-state index is 12.5. The first kappa shape index (κ1) is 14.5. The molecule has 4 heterocycles. The quantitative estimate of drug-likeness (QED) is 0.642. The second kappa shape index (κ2) is 5.84. The number of nitrogens with zero attached hydrogens (tertiary/aromatic N) is 3. The lowest BCUT2D eigenvalue weighted by Gasteiger charge is -2.24. The van der Waals surface area contributed by atoms with Gasteiger partial charge in [0, 0.05) is 6.54 Å². The fraction of sp³-hybridized carbons (Fsp3) is 0.333. The zero-order valence-electron chi connectivity index (χ0n) is 12.8. The van der Waals surface area contributed by atoms with Gasteiger partial charge < -0.3 is 14.6 Å². The van der Waals surface area contributed by atoms with Crippen LogP contribution in [0.4, 0.5) is 5.95 Å². The Morgan fingerprint density at radius 1 is 1.50 bits per heavy atom. The standard InChI is InChI=1S/C15H16N6O3/c22-13-10-8-17-20-12(10)18-15(19-13)21-5-1-4-11(21)14(23)16-7-9-3-2-6-24-9/h2-3,6,8,11H,1,4-5,7H2,(H,16,23)(H2,17,18,19,20,22). The van der Waals surface area contributed by atoms with Gasteiger partial charge in [0.25, 0.3) is 5.56 Å². The number of furan rings is 1. The number of fused-ring (bicyclic) bond motifs is 1. The van der Waals surface area contributed by atoms with Crippen molar-refractivity contribution in [1.29, 1.82) is 0 Å². The third kappa shape index (κ3) is 2.53. The molecular weight excluding hydrogens is 312 g/mol. The Bertz CT molecular complexity index is 913. The third-order valence-electron chi connectivity index (χ3n) is 4.15. The molecule has 1 unspecified atom stereocenters. The molecule has 4 rings (SSSR count). The predicted molar refractivity (Wildman–Crippen MR) is 85.4 cm³/mol. The van der Waals surface area contributed by atoms with Crippen molar-refractivity contribution in [2.75, 3.05) is 11.4 Å². The SMILES string of the molecule is O=C(NCc1ccco1)C1CCCN1c1nc2[nH]ncc2c(=O)[nH]1. The van der Waals surface area contributed by atoms with Crippen LogP contribution in [0.5, 0.6) is 0 Å². The van der Waals surface area contributed by atoms with E-state index < -0.39 is 0 Å². The molecule has 9 heteroatoms. The van der Waals surface area contributed by atoms with Crippen molar-refractivity contribution in [3.8, 4) is 0 Å². The molecule has 0 radical (unpaired) electrons. The second-order valence-electron chi connectivity index (χ2n) is 5.67. The molecule has 3 N–H and O–H groups in total. The topological polar surface area (TPSA) is 120 Å². The Kier molecular flexibility index (Phi) is 3.52. The number of hydrogen-bond donors (Lipinski definition) is 3. The highest BCUT2D eigenvalue weighted by atomic mass is 16.3. The first-order chi connectivity index (χ1) is 11.7. The molecule has 0 saturated carbocycles. The minimum absolute atomic E-state index is 0.115. The summed E-state index contributed by atoms with van der Waals surface area (Å²) in [4.78, 5) is 33.5. The molecular formula is C15H16N6O3. The molecule has 0 aromatic carbocycles. The van der Waals surface area contributed by atoms with Gasteiger partial charge in [0.2, 0.25) is 11.9 Å². The van der Waals surface area contributed by atoms with Crippen molar-refractivity contribution in [1.82, 2.24) is 25.5 Å². The minimum Gasteiger partial charge on any atom is -0.467 e. The molecule has 1 aliphatic rings. The monoisotopic (exact) mass is 328 g/mol. The van der Waals surface area contributed by atoms with Crippen molar-refractivity contribution >= 4 is 22.9 Å². The van der Waals surface area contributed by atoms with Gasteiger partial charge in [0.1, 0.15) is 17.2 Å². The maximum Gasteiger partial charge on any atom is 0.263 e. The van der Waals surface area contributed by atoms with E-state index in [0.29, 0.717) is 42.3 Å². The Labute approximate surface area is 136 Å². The number of aromatic nitrogens is 4. The summed E-state index contributed by atoms with van der Waals surface area (Å²) in [6, 6.07) is 3.21. The molecule has 3 aromatic heterocycles. The van der Waals surface area contributed by atoms with E-state index in [1.807, 2.05) is 4.90 Å². The summed E-state index contributed by atoms with van der Waals surface area (Å²) in [5.41, 5.74) is 0.140. The molecule has 9 nitrogen and oxygen atoms in total. The Morgan fingerprint density at radius 3 is 3.25 bits per heavy atom. The van der Waals surface area contributed by atoms with E-state index in [1.54, 1.807) is 18.4 Å². The Morgan fingerprint density at radius 2 is 2.42 bits per heavy atom. The van der Waals surface area contributed by atoms with E-state index in [4.69, 9.17) is 4.42 Å². The number of H-pyrrole nitrogens is 2. The molecule has 0 spiro atoms. The van der Waals surface area contributed by atoms with Gasteiger partial charge in [0.05, 0.1) is 19.0 Å². The van der Waals surface area contributed by atoms with E-state index in [9.17, 15) is 9.59 Å². The molecule has 0 bridgehead atoms. The van der Waals surface area contributed by atoms with Gasteiger partial charge in [-0.2, -0.15) is 10.1 Å². The van der Waals surface area contributed by atoms with Crippen LogP contribution < -0.4 is 15.8 Å². The highest BCUT2D eigenvalue weighted by Crippen LogP contribution is 2.22. The van der Waals surface area contributed by atoms with Crippen LogP contribution >= 0.6 is 0 Å². The summed E-state index contributed by atoms with van der Waals surface area (Å²) in [7, 11) is 0. The fourth-order valence-corrected chi connectivity index (χ4v) is 2.97. The van der Waals surface area contributed by atoms with Gasteiger partial charge in [-0.3, -0.25) is 19.7 Å². The number of anilines is 1. The van der Waals surface area contributed by atoms with Crippen LogP contribution in [0.25, 0.3) is 11.0 Å². The molecule has 3 aromatic rings. The second-order valence-corrected chi connectivity index (χ2v) is 5.67. The van der Waals surface area contributed by atoms with Crippen LogP contribution in [0.2, 0.25) is 0 Å². The summed E-state index contributed by atoms with van der Waals surface area (Å²) in [6.07, 6.45) is 4.55.